The van der Waals surface area contributed by atoms with Crippen LogP contribution in [0.25, 0.3) is 0 Å². The molecule has 1 aliphatic carbocycles. The lowest BCUT2D eigenvalue weighted by atomic mass is 9.83. The first-order chi connectivity index (χ1) is 10.0. The third-order valence-corrected chi connectivity index (χ3v) is 6.18. The van der Waals surface area contributed by atoms with E-state index in [9.17, 15) is 8.42 Å². The summed E-state index contributed by atoms with van der Waals surface area (Å²) in [5, 5.41) is 3.39. The monoisotopic (exact) mass is 310 g/mol. The van der Waals surface area contributed by atoms with Gasteiger partial charge in [-0.2, -0.15) is 0 Å². The fourth-order valence-corrected chi connectivity index (χ4v) is 4.40. The molecule has 1 aromatic carbocycles. The van der Waals surface area contributed by atoms with Crippen LogP contribution in [0.4, 0.5) is 5.69 Å². The van der Waals surface area contributed by atoms with Crippen LogP contribution in [0.2, 0.25) is 0 Å². The van der Waals surface area contributed by atoms with Gasteiger partial charge in [0.05, 0.1) is 5.69 Å². The van der Waals surface area contributed by atoms with Gasteiger partial charge in [-0.05, 0) is 36.8 Å². The molecule has 0 aliphatic heterocycles. The Balaban J connectivity index is 2.17. The summed E-state index contributed by atoms with van der Waals surface area (Å²) in [6, 6.07) is 7.15. The quantitative estimate of drug-likeness (QED) is 0.812. The number of hydrogen-bond acceptors (Lipinski definition) is 3. The predicted molar refractivity (Wildman–Crippen MR) is 87.0 cm³/mol. The molecule has 4 nitrogen and oxygen atoms in total. The summed E-state index contributed by atoms with van der Waals surface area (Å²) in [6.07, 6.45) is 6.18. The molecule has 0 amide bonds. The normalized spacial score (nSPS) is 17.8. The molecule has 118 valence electrons. The molecule has 0 unspecified atom stereocenters. The van der Waals surface area contributed by atoms with Crippen LogP contribution in [0.3, 0.4) is 0 Å². The second-order valence-electron chi connectivity index (χ2n) is 5.91. The average molecular weight is 310 g/mol. The number of sulfonamides is 1. The molecule has 0 saturated heterocycles. The summed E-state index contributed by atoms with van der Waals surface area (Å²) in [4.78, 5) is 0.344. The lowest BCUT2D eigenvalue weighted by molar-refractivity contribution is 0.306. The lowest BCUT2D eigenvalue weighted by Crippen LogP contribution is -2.28. The van der Waals surface area contributed by atoms with Crippen molar-refractivity contribution >= 4 is 15.7 Å². The first-order valence-corrected chi connectivity index (χ1v) is 9.34. The van der Waals surface area contributed by atoms with Crippen molar-refractivity contribution < 1.29 is 8.42 Å². The van der Waals surface area contributed by atoms with Crippen molar-refractivity contribution in [2.24, 2.45) is 5.41 Å². The second-order valence-corrected chi connectivity index (χ2v) is 7.65. The molecular weight excluding hydrogens is 284 g/mol. The Morgan fingerprint density at radius 3 is 2.43 bits per heavy atom. The smallest absolute Gasteiger partial charge is 0.242 e. The Morgan fingerprint density at radius 2 is 1.81 bits per heavy atom. The van der Waals surface area contributed by atoms with Gasteiger partial charge in [-0.3, -0.25) is 0 Å². The minimum atomic E-state index is -3.43. The second kappa shape index (κ2) is 6.79. The average Bonchev–Trinajstić information content (AvgIpc) is 2.95. The van der Waals surface area contributed by atoms with Crippen LogP contribution < -0.4 is 10.0 Å². The highest BCUT2D eigenvalue weighted by atomic mass is 32.2. The molecule has 0 spiro atoms. The van der Waals surface area contributed by atoms with Gasteiger partial charge in [0.1, 0.15) is 4.90 Å². The van der Waals surface area contributed by atoms with Gasteiger partial charge in [0.2, 0.25) is 10.0 Å². The van der Waals surface area contributed by atoms with Gasteiger partial charge in [-0.15, -0.1) is 0 Å². The van der Waals surface area contributed by atoms with Crippen molar-refractivity contribution in [1.82, 2.24) is 4.72 Å². The maximum atomic E-state index is 12.2. The van der Waals surface area contributed by atoms with Gasteiger partial charge in [-0.25, -0.2) is 13.1 Å². The van der Waals surface area contributed by atoms with E-state index in [1.165, 1.54) is 25.7 Å². The Bertz CT molecular complexity index is 563. The molecule has 0 radical (unpaired) electrons. The first-order valence-electron chi connectivity index (χ1n) is 7.85. The molecule has 21 heavy (non-hydrogen) atoms. The van der Waals surface area contributed by atoms with Crippen molar-refractivity contribution in [3.63, 3.8) is 0 Å². The van der Waals surface area contributed by atoms with Gasteiger partial charge >= 0.3 is 0 Å². The fraction of sp³-hybridized carbons (Fsp3) is 0.625. The van der Waals surface area contributed by atoms with Crippen molar-refractivity contribution in [3.05, 3.63) is 24.3 Å². The number of para-hydroxylation sites is 1. The predicted octanol–water partition coefficient (Wildman–Crippen LogP) is 3.37. The summed E-state index contributed by atoms with van der Waals surface area (Å²) < 4.78 is 27.1. The SMILES string of the molecule is CCNS(=O)(=O)c1ccccc1NCC1(CC)CCCC1. The first kappa shape index (κ1) is 16.3. The number of rotatable bonds is 7. The molecule has 1 aliphatic rings. The number of hydrogen-bond donors (Lipinski definition) is 2. The molecule has 0 aromatic heterocycles. The maximum Gasteiger partial charge on any atom is 0.242 e. The van der Waals surface area contributed by atoms with Crippen LogP contribution in [-0.2, 0) is 10.0 Å². The van der Waals surface area contributed by atoms with E-state index in [4.69, 9.17) is 0 Å². The minimum Gasteiger partial charge on any atom is -0.383 e. The summed E-state index contributed by atoms with van der Waals surface area (Å²) in [6.45, 7) is 5.27. The van der Waals surface area contributed by atoms with Gasteiger partial charge in [0, 0.05) is 13.1 Å². The highest BCUT2D eigenvalue weighted by Gasteiger charge is 2.32. The Kier molecular flexibility index (Phi) is 5.27. The lowest BCUT2D eigenvalue weighted by Gasteiger charge is -2.28. The van der Waals surface area contributed by atoms with Crippen LogP contribution in [0.15, 0.2) is 29.2 Å². The van der Waals surface area contributed by atoms with Crippen LogP contribution in [-0.4, -0.2) is 21.5 Å². The molecule has 2 N–H and O–H groups in total. The van der Waals surface area contributed by atoms with E-state index in [0.717, 1.165) is 13.0 Å². The van der Waals surface area contributed by atoms with Crippen molar-refractivity contribution in [3.8, 4) is 0 Å². The molecule has 0 atom stereocenters. The summed E-state index contributed by atoms with van der Waals surface area (Å²) in [7, 11) is -3.43. The zero-order chi connectivity index (χ0) is 15.3. The Hall–Kier alpha value is -1.07. The van der Waals surface area contributed by atoms with E-state index >= 15 is 0 Å². The minimum absolute atomic E-state index is 0.328. The summed E-state index contributed by atoms with van der Waals surface area (Å²) in [5.41, 5.74) is 1.04. The van der Waals surface area contributed by atoms with E-state index in [1.54, 1.807) is 19.1 Å². The van der Waals surface area contributed by atoms with E-state index in [1.807, 2.05) is 12.1 Å². The molecule has 5 heteroatoms. The van der Waals surface area contributed by atoms with Crippen molar-refractivity contribution in [2.75, 3.05) is 18.4 Å². The summed E-state index contributed by atoms with van der Waals surface area (Å²) in [5.74, 6) is 0. The summed E-state index contributed by atoms with van der Waals surface area (Å²) >= 11 is 0. The molecule has 2 rings (SSSR count). The number of nitrogens with one attached hydrogen (secondary N) is 2. The maximum absolute atomic E-state index is 12.2. The molecule has 1 saturated carbocycles. The topological polar surface area (TPSA) is 58.2 Å². The van der Waals surface area contributed by atoms with Crippen molar-refractivity contribution in [2.45, 2.75) is 50.8 Å². The third kappa shape index (κ3) is 3.77. The van der Waals surface area contributed by atoms with E-state index < -0.39 is 10.0 Å². The third-order valence-electron chi connectivity index (χ3n) is 4.58. The molecule has 1 aromatic rings. The Labute approximate surface area is 128 Å². The van der Waals surface area contributed by atoms with Crippen LogP contribution in [0.1, 0.15) is 46.0 Å². The zero-order valence-corrected chi connectivity index (χ0v) is 13.8. The van der Waals surface area contributed by atoms with Crippen LogP contribution in [0, 0.1) is 5.41 Å². The van der Waals surface area contributed by atoms with Gasteiger partial charge in [-0.1, -0.05) is 38.8 Å². The van der Waals surface area contributed by atoms with Crippen molar-refractivity contribution in [1.29, 1.82) is 0 Å². The fourth-order valence-electron chi connectivity index (χ4n) is 3.18. The highest BCUT2D eigenvalue weighted by molar-refractivity contribution is 7.89. The van der Waals surface area contributed by atoms with Gasteiger partial charge in [0.15, 0.2) is 0 Å². The van der Waals surface area contributed by atoms with E-state index in [2.05, 4.69) is 17.0 Å². The van der Waals surface area contributed by atoms with Gasteiger partial charge < -0.3 is 5.32 Å². The van der Waals surface area contributed by atoms with Crippen LogP contribution in [0.5, 0.6) is 0 Å². The molecule has 0 heterocycles. The van der Waals surface area contributed by atoms with Gasteiger partial charge in [0.25, 0.3) is 0 Å². The standard InChI is InChI=1S/C16H26N2O2S/c1-3-16(11-7-8-12-16)13-17-14-9-5-6-10-15(14)21(19,20)18-4-2/h5-6,9-10,17-18H,3-4,7-8,11-13H2,1-2H3. The van der Waals surface area contributed by atoms with E-state index in [-0.39, 0.29) is 0 Å². The molecular formula is C16H26N2O2S. The molecule has 0 bridgehead atoms. The number of anilines is 1. The number of benzene rings is 1. The Morgan fingerprint density at radius 1 is 1.14 bits per heavy atom. The largest absolute Gasteiger partial charge is 0.383 e. The van der Waals surface area contributed by atoms with E-state index in [0.29, 0.717) is 22.5 Å². The zero-order valence-electron chi connectivity index (χ0n) is 13.0. The highest BCUT2D eigenvalue weighted by Crippen LogP contribution is 2.41. The molecule has 1 fully saturated rings. The van der Waals surface area contributed by atoms with Crippen LogP contribution >= 0.6 is 0 Å².